The average molecular weight is 728 g/mol. The zero-order valence-corrected chi connectivity index (χ0v) is 28.1. The van der Waals surface area contributed by atoms with E-state index in [0.29, 0.717) is 24.0 Å². The first-order chi connectivity index (χ1) is 23.8. The smallest absolute Gasteiger partial charge is 0.445 e. The summed E-state index contributed by atoms with van der Waals surface area (Å²) in [4.78, 5) is 40.3. The van der Waals surface area contributed by atoms with Gasteiger partial charge in [-0.3, -0.25) is 4.79 Å². The minimum atomic E-state index is -4.91. The van der Waals surface area contributed by atoms with Crippen molar-refractivity contribution in [1.82, 2.24) is 15.5 Å². The average Bonchev–Trinajstić information content (AvgIpc) is 3.02. The van der Waals surface area contributed by atoms with Gasteiger partial charge in [0.1, 0.15) is 29.7 Å². The van der Waals surface area contributed by atoms with Gasteiger partial charge >= 0.3 is 24.9 Å². The van der Waals surface area contributed by atoms with Gasteiger partial charge in [-0.25, -0.2) is 9.59 Å². The van der Waals surface area contributed by atoms with Crippen molar-refractivity contribution in [3.63, 3.8) is 0 Å². The fourth-order valence-corrected chi connectivity index (χ4v) is 4.61. The number of alkyl halides is 6. The molecule has 3 rings (SSSR count). The fourth-order valence-electron chi connectivity index (χ4n) is 4.61. The van der Waals surface area contributed by atoms with E-state index in [2.05, 4.69) is 20.1 Å². The Morgan fingerprint density at radius 1 is 0.686 bits per heavy atom. The van der Waals surface area contributed by atoms with Crippen LogP contribution in [0.4, 0.5) is 35.9 Å². The van der Waals surface area contributed by atoms with Crippen molar-refractivity contribution in [3.05, 3.63) is 95.6 Å². The van der Waals surface area contributed by atoms with Gasteiger partial charge in [-0.05, 0) is 81.0 Å². The number of carbonyl (C=O) groups is 3. The van der Waals surface area contributed by atoms with Crippen LogP contribution >= 0.6 is 0 Å². The van der Waals surface area contributed by atoms with E-state index in [0.717, 1.165) is 29.8 Å². The van der Waals surface area contributed by atoms with Crippen LogP contribution in [-0.2, 0) is 34.0 Å². The maximum atomic E-state index is 14.1. The standard InChI is InChI=1S/C35H39F6N3O7/c1-33(2,3)51-32(47)43-29(11-7-8-20-42-31(46)48-23-26-9-5-4-6-10-26)30(45)44(21-24-12-16-27(17-13-24)49-34(36,37)38)22-25-14-18-28(19-15-25)50-35(39,40)41/h4-6,9-10,12-19,29H,7-8,11,20-23H2,1-3H3,(H,42,46)(H,43,47)/t29-/m0/s1. The molecule has 10 nitrogen and oxygen atoms in total. The van der Waals surface area contributed by atoms with E-state index in [1.807, 2.05) is 18.2 Å². The summed E-state index contributed by atoms with van der Waals surface area (Å²) < 4.78 is 94.5. The minimum Gasteiger partial charge on any atom is -0.445 e. The molecule has 0 unspecified atom stereocenters. The number of hydrogen-bond donors (Lipinski definition) is 2. The molecule has 51 heavy (non-hydrogen) atoms. The molecule has 1 atom stereocenters. The van der Waals surface area contributed by atoms with Crippen LogP contribution < -0.4 is 20.1 Å². The summed E-state index contributed by atoms with van der Waals surface area (Å²) in [7, 11) is 0. The number of halogens is 6. The number of rotatable bonds is 15. The van der Waals surface area contributed by atoms with E-state index in [1.165, 1.54) is 29.2 Å². The molecule has 0 fully saturated rings. The van der Waals surface area contributed by atoms with Gasteiger partial charge in [0.15, 0.2) is 0 Å². The maximum Gasteiger partial charge on any atom is 0.573 e. The molecule has 0 aliphatic carbocycles. The van der Waals surface area contributed by atoms with Crippen LogP contribution in [0.25, 0.3) is 0 Å². The van der Waals surface area contributed by atoms with Crippen LogP contribution in [0.15, 0.2) is 78.9 Å². The molecule has 16 heteroatoms. The second kappa shape index (κ2) is 18.2. The number of benzene rings is 3. The van der Waals surface area contributed by atoms with Gasteiger partial charge in [0.05, 0.1) is 0 Å². The molecule has 278 valence electrons. The molecule has 0 radical (unpaired) electrons. The lowest BCUT2D eigenvalue weighted by Gasteiger charge is -2.29. The highest BCUT2D eigenvalue weighted by Crippen LogP contribution is 2.25. The zero-order valence-electron chi connectivity index (χ0n) is 28.1. The minimum absolute atomic E-state index is 0.0784. The second-order valence-electron chi connectivity index (χ2n) is 12.3. The van der Waals surface area contributed by atoms with E-state index in [-0.39, 0.29) is 32.7 Å². The van der Waals surface area contributed by atoms with Crippen LogP contribution in [0.2, 0.25) is 0 Å². The third kappa shape index (κ3) is 16.4. The summed E-state index contributed by atoms with van der Waals surface area (Å²) in [5, 5.41) is 5.20. The molecule has 2 N–H and O–H groups in total. The lowest BCUT2D eigenvalue weighted by molar-refractivity contribution is -0.275. The third-order valence-electron chi connectivity index (χ3n) is 6.76. The van der Waals surface area contributed by atoms with Gasteiger partial charge in [0.2, 0.25) is 5.91 Å². The maximum absolute atomic E-state index is 14.1. The quantitative estimate of drug-likeness (QED) is 0.120. The number of nitrogens with zero attached hydrogens (tertiary/aromatic N) is 1. The lowest BCUT2D eigenvalue weighted by Crippen LogP contribution is -2.49. The highest BCUT2D eigenvalue weighted by Gasteiger charge is 2.32. The Morgan fingerprint density at radius 2 is 1.20 bits per heavy atom. The first-order valence-electron chi connectivity index (χ1n) is 15.8. The number of unbranched alkanes of at least 4 members (excludes halogenated alkanes) is 1. The fraction of sp³-hybridized carbons (Fsp3) is 0.400. The summed E-state index contributed by atoms with van der Waals surface area (Å²) in [5.41, 5.74) is 0.693. The van der Waals surface area contributed by atoms with E-state index in [1.54, 1.807) is 32.9 Å². The molecular weight excluding hydrogens is 688 g/mol. The van der Waals surface area contributed by atoms with Gasteiger partial charge in [0, 0.05) is 19.6 Å². The summed E-state index contributed by atoms with van der Waals surface area (Å²) in [6.45, 7) is 4.86. The molecule has 0 aromatic heterocycles. The number of carbonyl (C=O) groups excluding carboxylic acids is 3. The number of alkyl carbamates (subject to hydrolysis) is 2. The van der Waals surface area contributed by atoms with Crippen molar-refractivity contribution < 1.29 is 59.7 Å². The van der Waals surface area contributed by atoms with Crippen molar-refractivity contribution in [1.29, 1.82) is 0 Å². The topological polar surface area (TPSA) is 115 Å². The molecule has 3 aromatic rings. The second-order valence-corrected chi connectivity index (χ2v) is 12.3. The molecule has 0 aliphatic rings. The van der Waals surface area contributed by atoms with Gasteiger partial charge in [-0.15, -0.1) is 26.3 Å². The van der Waals surface area contributed by atoms with Gasteiger partial charge < -0.3 is 34.5 Å². The van der Waals surface area contributed by atoms with E-state index >= 15 is 0 Å². The lowest BCUT2D eigenvalue weighted by atomic mass is 10.1. The van der Waals surface area contributed by atoms with E-state index in [4.69, 9.17) is 9.47 Å². The van der Waals surface area contributed by atoms with Crippen LogP contribution in [-0.4, -0.2) is 53.9 Å². The first-order valence-corrected chi connectivity index (χ1v) is 15.8. The molecule has 3 amide bonds. The number of nitrogens with one attached hydrogen (secondary N) is 2. The number of hydrogen-bond acceptors (Lipinski definition) is 7. The van der Waals surface area contributed by atoms with Crippen molar-refractivity contribution in [2.45, 2.75) is 84.1 Å². The Labute approximate surface area is 291 Å². The van der Waals surface area contributed by atoms with Gasteiger partial charge in [-0.2, -0.15) is 0 Å². The molecule has 0 saturated heterocycles. The molecule has 0 bridgehead atoms. The van der Waals surface area contributed by atoms with Crippen LogP contribution in [0, 0.1) is 0 Å². The highest BCUT2D eigenvalue weighted by molar-refractivity contribution is 5.85. The Morgan fingerprint density at radius 3 is 1.67 bits per heavy atom. The van der Waals surface area contributed by atoms with Gasteiger partial charge in [-0.1, -0.05) is 54.6 Å². The zero-order chi connectivity index (χ0) is 37.7. The Bertz CT molecular complexity index is 1480. The predicted octanol–water partition coefficient (Wildman–Crippen LogP) is 8.00. The third-order valence-corrected chi connectivity index (χ3v) is 6.76. The number of ether oxygens (including phenoxy) is 4. The van der Waals surface area contributed by atoms with E-state index < -0.39 is 54.0 Å². The van der Waals surface area contributed by atoms with Crippen molar-refractivity contribution in [2.75, 3.05) is 6.54 Å². The Hall–Kier alpha value is -5.15. The normalized spacial score (nSPS) is 12.3. The van der Waals surface area contributed by atoms with Gasteiger partial charge in [0.25, 0.3) is 0 Å². The molecule has 0 spiro atoms. The van der Waals surface area contributed by atoms with Crippen molar-refractivity contribution >= 4 is 18.1 Å². The monoisotopic (exact) mass is 727 g/mol. The first kappa shape index (κ1) is 40.3. The predicted molar refractivity (Wildman–Crippen MR) is 172 cm³/mol. The molecule has 0 heterocycles. The van der Waals surface area contributed by atoms with Crippen LogP contribution in [0.3, 0.4) is 0 Å². The molecule has 0 saturated carbocycles. The van der Waals surface area contributed by atoms with E-state index in [9.17, 15) is 40.7 Å². The largest absolute Gasteiger partial charge is 0.573 e. The highest BCUT2D eigenvalue weighted by atomic mass is 19.4. The summed E-state index contributed by atoms with van der Waals surface area (Å²) in [6.07, 6.45) is -10.5. The summed E-state index contributed by atoms with van der Waals surface area (Å²) in [6, 6.07) is 17.5. The van der Waals surface area contributed by atoms with Crippen molar-refractivity contribution in [2.24, 2.45) is 0 Å². The number of amides is 3. The summed E-state index contributed by atoms with van der Waals surface area (Å²) >= 11 is 0. The van der Waals surface area contributed by atoms with Crippen molar-refractivity contribution in [3.8, 4) is 11.5 Å². The molecule has 3 aromatic carbocycles. The Balaban J connectivity index is 1.75. The molecular formula is C35H39F6N3O7. The molecule has 0 aliphatic heterocycles. The summed E-state index contributed by atoms with van der Waals surface area (Å²) in [5.74, 6) is -1.57. The van der Waals surface area contributed by atoms with Crippen LogP contribution in [0.1, 0.15) is 56.7 Å². The SMILES string of the molecule is CC(C)(C)OC(=O)N[C@@H](CCCCNC(=O)OCc1ccccc1)C(=O)N(Cc1ccc(OC(F)(F)F)cc1)Cc1ccc(OC(F)(F)F)cc1. The Kier molecular flexibility index (Phi) is 14.4. The van der Waals surface area contributed by atoms with Crippen LogP contribution in [0.5, 0.6) is 11.5 Å².